The van der Waals surface area contributed by atoms with Gasteiger partial charge in [-0.1, -0.05) is 36.4 Å². The van der Waals surface area contributed by atoms with E-state index in [0.29, 0.717) is 11.1 Å². The lowest BCUT2D eigenvalue weighted by Crippen LogP contribution is -2.10. The molecule has 1 N–H and O–H groups in total. The Morgan fingerprint density at radius 3 is 2.50 bits per heavy atom. The van der Waals surface area contributed by atoms with Crippen molar-refractivity contribution in [2.45, 2.75) is 13.5 Å². The monoisotopic (exact) mass is 302 g/mol. The van der Waals surface area contributed by atoms with Gasteiger partial charge in [-0.25, -0.2) is 4.79 Å². The molecule has 2 aromatic carbocycles. The second kappa shape index (κ2) is 7.59. The van der Waals surface area contributed by atoms with E-state index in [4.69, 9.17) is 9.62 Å². The van der Waals surface area contributed by atoms with Crippen molar-refractivity contribution >= 4 is 5.97 Å². The van der Waals surface area contributed by atoms with Crippen LogP contribution in [-0.2, 0) is 16.2 Å². The first-order chi connectivity index (χ1) is 10.7. The van der Waals surface area contributed by atoms with E-state index in [2.05, 4.69) is 4.89 Å². The number of rotatable bonds is 6. The van der Waals surface area contributed by atoms with Gasteiger partial charge in [-0.05, 0) is 24.1 Å². The van der Waals surface area contributed by atoms with Crippen molar-refractivity contribution in [1.29, 1.82) is 0 Å². The topological polar surface area (TPSA) is 65.0 Å². The zero-order valence-corrected chi connectivity index (χ0v) is 12.5. The van der Waals surface area contributed by atoms with E-state index in [-0.39, 0.29) is 24.5 Å². The summed E-state index contributed by atoms with van der Waals surface area (Å²) < 4.78 is 5.11. The van der Waals surface area contributed by atoms with Crippen LogP contribution in [0.25, 0.3) is 11.1 Å². The fourth-order valence-corrected chi connectivity index (χ4v) is 2.25. The zero-order valence-electron chi connectivity index (χ0n) is 12.5. The summed E-state index contributed by atoms with van der Waals surface area (Å²) in [6, 6.07) is 12.5. The number of aliphatic hydroxyl groups excluding tert-OH is 1. The molecule has 116 valence electrons. The third-order valence-corrected chi connectivity index (χ3v) is 3.16. The maximum Gasteiger partial charge on any atom is 0.342 e. The van der Waals surface area contributed by atoms with Gasteiger partial charge in [0.05, 0.1) is 20.3 Å². The Morgan fingerprint density at radius 1 is 1.09 bits per heavy atom. The highest BCUT2D eigenvalue weighted by Gasteiger charge is 2.21. The molecule has 0 unspecified atom stereocenters. The lowest BCUT2D eigenvalue weighted by atomic mass is 9.95. The Balaban J connectivity index is 2.64. The van der Waals surface area contributed by atoms with Crippen molar-refractivity contribution < 1.29 is 24.4 Å². The summed E-state index contributed by atoms with van der Waals surface area (Å²) in [7, 11) is 1.36. The maximum atomic E-state index is 12.3. The van der Waals surface area contributed by atoms with Crippen LogP contribution < -0.4 is 4.89 Å². The molecule has 0 aliphatic rings. The molecule has 0 aliphatic heterocycles. The molecule has 0 atom stereocenters. The molecule has 0 saturated carbocycles. The van der Waals surface area contributed by atoms with Crippen molar-refractivity contribution in [3.05, 3.63) is 53.6 Å². The lowest BCUT2D eigenvalue weighted by Gasteiger charge is -2.15. The van der Waals surface area contributed by atoms with Crippen LogP contribution in [0, 0.1) is 0 Å². The maximum absolute atomic E-state index is 12.3. The predicted molar refractivity (Wildman–Crippen MR) is 81.4 cm³/mol. The minimum atomic E-state index is -0.502. The molecule has 0 saturated heterocycles. The van der Waals surface area contributed by atoms with Crippen LogP contribution >= 0.6 is 0 Å². The quantitative estimate of drug-likeness (QED) is 0.505. The third-order valence-electron chi connectivity index (χ3n) is 3.16. The highest BCUT2D eigenvalue weighted by molar-refractivity contribution is 6.00. The number of ether oxygens (including phenoxy) is 1. The molecule has 0 aromatic heterocycles. The number of hydrogen-bond acceptors (Lipinski definition) is 5. The van der Waals surface area contributed by atoms with E-state index in [1.165, 1.54) is 7.11 Å². The summed E-state index contributed by atoms with van der Waals surface area (Å²) in [5, 5.41) is 9.51. The lowest BCUT2D eigenvalue weighted by molar-refractivity contribution is -0.178. The Bertz CT molecular complexity index is 651. The van der Waals surface area contributed by atoms with E-state index in [0.717, 1.165) is 5.56 Å². The normalized spacial score (nSPS) is 10.3. The molecule has 0 bridgehead atoms. The summed E-state index contributed by atoms with van der Waals surface area (Å²) >= 11 is 0. The minimum Gasteiger partial charge on any atom is -0.462 e. The Labute approximate surface area is 129 Å². The first kappa shape index (κ1) is 16.0. The molecule has 0 heterocycles. The van der Waals surface area contributed by atoms with Crippen molar-refractivity contribution in [1.82, 2.24) is 0 Å². The van der Waals surface area contributed by atoms with Crippen LogP contribution in [0.2, 0.25) is 0 Å². The first-order valence-corrected chi connectivity index (χ1v) is 6.92. The second-order valence-electron chi connectivity index (χ2n) is 4.46. The van der Waals surface area contributed by atoms with E-state index >= 15 is 0 Å². The number of esters is 1. The van der Waals surface area contributed by atoms with Crippen LogP contribution in [0.4, 0.5) is 0 Å². The van der Waals surface area contributed by atoms with Crippen LogP contribution in [0.1, 0.15) is 22.8 Å². The number of carbonyl (C=O) groups excluding carboxylic acids is 1. The van der Waals surface area contributed by atoms with E-state index < -0.39 is 5.97 Å². The van der Waals surface area contributed by atoms with Gasteiger partial charge in [-0.2, -0.15) is 4.89 Å². The molecule has 0 amide bonds. The highest BCUT2D eigenvalue weighted by atomic mass is 17.2. The predicted octanol–water partition coefficient (Wildman–Crippen LogP) is 2.96. The van der Waals surface area contributed by atoms with Crippen LogP contribution in [-0.4, -0.2) is 24.8 Å². The van der Waals surface area contributed by atoms with Crippen LogP contribution in [0.15, 0.2) is 42.5 Å². The SMILES string of the molecule is CCOC(=O)c1c(OOC)cccc1-c1ccccc1CO. The van der Waals surface area contributed by atoms with Crippen LogP contribution in [0.5, 0.6) is 5.75 Å². The Morgan fingerprint density at radius 2 is 1.82 bits per heavy atom. The van der Waals surface area contributed by atoms with Crippen molar-refractivity contribution in [2.75, 3.05) is 13.7 Å². The molecule has 2 aromatic rings. The molecule has 5 nitrogen and oxygen atoms in total. The average molecular weight is 302 g/mol. The van der Waals surface area contributed by atoms with Gasteiger partial charge >= 0.3 is 5.97 Å². The first-order valence-electron chi connectivity index (χ1n) is 6.92. The Kier molecular flexibility index (Phi) is 5.52. The summed E-state index contributed by atoms with van der Waals surface area (Å²) in [5.41, 5.74) is 2.35. The summed E-state index contributed by atoms with van der Waals surface area (Å²) in [5.74, 6) is -0.232. The fraction of sp³-hybridized carbons (Fsp3) is 0.235. The molecule has 0 radical (unpaired) electrons. The smallest absolute Gasteiger partial charge is 0.342 e. The van der Waals surface area contributed by atoms with E-state index in [1.807, 2.05) is 18.2 Å². The molecule has 0 aliphatic carbocycles. The van der Waals surface area contributed by atoms with Gasteiger partial charge in [0, 0.05) is 5.56 Å². The standard InChI is InChI=1S/C17H18O5/c1-3-21-17(19)16-14(9-6-10-15(16)22-20-2)13-8-5-4-7-12(13)11-18/h4-10,18H,3,11H2,1-2H3. The largest absolute Gasteiger partial charge is 0.462 e. The van der Waals surface area contributed by atoms with Gasteiger partial charge < -0.3 is 14.7 Å². The second-order valence-corrected chi connectivity index (χ2v) is 4.46. The molecule has 0 fully saturated rings. The van der Waals surface area contributed by atoms with Gasteiger partial charge in [-0.3, -0.25) is 0 Å². The van der Waals surface area contributed by atoms with Gasteiger partial charge in [0.25, 0.3) is 0 Å². The van der Waals surface area contributed by atoms with E-state index in [1.54, 1.807) is 31.2 Å². The molecule has 2 rings (SSSR count). The average Bonchev–Trinajstić information content (AvgIpc) is 2.55. The van der Waals surface area contributed by atoms with Gasteiger partial charge in [0.1, 0.15) is 5.56 Å². The molecule has 0 spiro atoms. The summed E-state index contributed by atoms with van der Waals surface area (Å²) in [6.07, 6.45) is 0. The molecular formula is C17H18O5. The zero-order chi connectivity index (χ0) is 15.9. The minimum absolute atomic E-state index is 0.131. The van der Waals surface area contributed by atoms with Crippen molar-refractivity contribution in [3.8, 4) is 16.9 Å². The Hall–Kier alpha value is -2.37. The number of hydrogen-bond donors (Lipinski definition) is 1. The summed E-state index contributed by atoms with van der Waals surface area (Å²) in [6.45, 7) is 1.86. The third kappa shape index (κ3) is 3.27. The highest BCUT2D eigenvalue weighted by Crippen LogP contribution is 2.33. The molecule has 5 heteroatoms. The molecule has 22 heavy (non-hydrogen) atoms. The fourth-order valence-electron chi connectivity index (χ4n) is 2.25. The van der Waals surface area contributed by atoms with Gasteiger partial charge in [0.2, 0.25) is 0 Å². The number of carbonyl (C=O) groups is 1. The van der Waals surface area contributed by atoms with Crippen molar-refractivity contribution in [2.24, 2.45) is 0 Å². The van der Waals surface area contributed by atoms with Gasteiger partial charge in [0.15, 0.2) is 5.75 Å². The number of aliphatic hydroxyl groups is 1. The number of benzene rings is 2. The van der Waals surface area contributed by atoms with Gasteiger partial charge in [-0.15, -0.1) is 0 Å². The summed E-state index contributed by atoms with van der Waals surface area (Å²) in [4.78, 5) is 22.1. The molecular weight excluding hydrogens is 284 g/mol. The van der Waals surface area contributed by atoms with Crippen LogP contribution in [0.3, 0.4) is 0 Å². The van der Waals surface area contributed by atoms with E-state index in [9.17, 15) is 9.90 Å². The van der Waals surface area contributed by atoms with Crippen molar-refractivity contribution in [3.63, 3.8) is 0 Å².